The standard InChI is InChI=1S/C23H24N5O6P/c1-3-28-19(10-14(2)26-28)22(29)25-23-24-17-11-20-21(34-13-33-20)12-18(17)27(23)9-8-15-4-6-16(7-5-15)35(30,31)32/h4-7,10-12H,3,8-9,13H2,1-2H3,(H,24,25,29)(H2,30,31,32). The van der Waals surface area contributed by atoms with Crippen LogP contribution in [-0.4, -0.2) is 41.8 Å². The van der Waals surface area contributed by atoms with E-state index >= 15 is 0 Å². The van der Waals surface area contributed by atoms with Gasteiger partial charge in [-0.3, -0.25) is 19.4 Å². The molecule has 0 atom stereocenters. The van der Waals surface area contributed by atoms with Crippen molar-refractivity contribution >= 4 is 35.8 Å². The number of aromatic nitrogens is 4. The van der Waals surface area contributed by atoms with E-state index in [9.17, 15) is 19.1 Å². The Kier molecular flexibility index (Phi) is 5.84. The molecule has 3 N–H and O–H groups in total. The lowest BCUT2D eigenvalue weighted by Crippen LogP contribution is -2.20. The van der Waals surface area contributed by atoms with Crippen LogP contribution in [0, 0.1) is 6.92 Å². The van der Waals surface area contributed by atoms with Crippen LogP contribution in [0.15, 0.2) is 42.5 Å². The normalized spacial score (nSPS) is 12.9. The first-order valence-corrected chi connectivity index (χ1v) is 12.6. The molecule has 0 radical (unpaired) electrons. The Labute approximate surface area is 200 Å². The Balaban J connectivity index is 1.47. The molecule has 0 spiro atoms. The smallest absolute Gasteiger partial charge is 0.356 e. The molecule has 2 aromatic carbocycles. The highest BCUT2D eigenvalue weighted by molar-refractivity contribution is 7.60. The molecule has 4 aromatic rings. The van der Waals surface area contributed by atoms with Gasteiger partial charge in [0.25, 0.3) is 5.91 Å². The van der Waals surface area contributed by atoms with E-state index in [1.165, 1.54) is 12.1 Å². The molecule has 1 aliphatic rings. The monoisotopic (exact) mass is 497 g/mol. The summed E-state index contributed by atoms with van der Waals surface area (Å²) in [5.74, 6) is 1.23. The topological polar surface area (TPSA) is 141 Å². The van der Waals surface area contributed by atoms with Crippen LogP contribution in [0.3, 0.4) is 0 Å². The fourth-order valence-corrected chi connectivity index (χ4v) is 4.61. The molecule has 0 saturated heterocycles. The quantitative estimate of drug-likeness (QED) is 0.331. The van der Waals surface area contributed by atoms with Gasteiger partial charge in [0.1, 0.15) is 5.69 Å². The average Bonchev–Trinajstić information content (AvgIpc) is 3.52. The van der Waals surface area contributed by atoms with Crippen molar-refractivity contribution in [1.82, 2.24) is 19.3 Å². The highest BCUT2D eigenvalue weighted by Crippen LogP contribution is 2.37. The fraction of sp³-hybridized carbons (Fsp3) is 0.261. The van der Waals surface area contributed by atoms with Crippen LogP contribution in [0.5, 0.6) is 11.5 Å². The number of carbonyl (C=O) groups is 1. The predicted octanol–water partition coefficient (Wildman–Crippen LogP) is 2.59. The Hall–Kier alpha value is -3.66. The third-order valence-corrected chi connectivity index (χ3v) is 6.77. The Morgan fingerprint density at radius 3 is 2.54 bits per heavy atom. The number of hydrogen-bond donors (Lipinski definition) is 3. The molecule has 11 nitrogen and oxygen atoms in total. The third kappa shape index (κ3) is 4.53. The lowest BCUT2D eigenvalue weighted by Gasteiger charge is -2.11. The lowest BCUT2D eigenvalue weighted by atomic mass is 10.1. The lowest BCUT2D eigenvalue weighted by molar-refractivity contribution is 0.101. The van der Waals surface area contributed by atoms with E-state index in [-0.39, 0.29) is 18.0 Å². The van der Waals surface area contributed by atoms with Gasteiger partial charge in [-0.25, -0.2) is 4.98 Å². The predicted molar refractivity (Wildman–Crippen MR) is 128 cm³/mol. The molecular formula is C23H24N5O6P. The second kappa shape index (κ2) is 8.84. The van der Waals surface area contributed by atoms with Crippen molar-refractivity contribution in [2.45, 2.75) is 33.4 Å². The minimum absolute atomic E-state index is 0.0298. The first-order chi connectivity index (χ1) is 16.7. The number of anilines is 1. The van der Waals surface area contributed by atoms with Crippen LogP contribution in [0.2, 0.25) is 0 Å². The summed E-state index contributed by atoms with van der Waals surface area (Å²) >= 11 is 0. The molecule has 2 aromatic heterocycles. The average molecular weight is 497 g/mol. The van der Waals surface area contributed by atoms with Crippen molar-refractivity contribution in [2.24, 2.45) is 0 Å². The SMILES string of the molecule is CCn1nc(C)cc1C(=O)Nc1nc2cc3c(cc2n1CCc1ccc(P(=O)(O)O)cc1)OCO3. The fourth-order valence-electron chi connectivity index (χ4n) is 4.07. The summed E-state index contributed by atoms with van der Waals surface area (Å²) in [6, 6.07) is 11.6. The van der Waals surface area contributed by atoms with Crippen molar-refractivity contribution in [3.8, 4) is 11.5 Å². The van der Waals surface area contributed by atoms with Crippen LogP contribution in [0.4, 0.5) is 5.95 Å². The second-order valence-electron chi connectivity index (χ2n) is 8.18. The number of ether oxygens (including phenoxy) is 2. The van der Waals surface area contributed by atoms with Gasteiger partial charge in [0.15, 0.2) is 11.5 Å². The number of aryl methyl sites for hydroxylation is 4. The van der Waals surface area contributed by atoms with Crippen molar-refractivity contribution in [2.75, 3.05) is 12.1 Å². The van der Waals surface area contributed by atoms with Gasteiger partial charge in [-0.05, 0) is 44.0 Å². The largest absolute Gasteiger partial charge is 0.454 e. The number of imidazole rings is 1. The molecule has 3 heterocycles. The molecule has 0 unspecified atom stereocenters. The number of hydrogen-bond acceptors (Lipinski definition) is 6. The molecule has 5 rings (SSSR count). The number of amides is 1. The van der Waals surface area contributed by atoms with E-state index in [1.54, 1.807) is 28.9 Å². The number of nitrogens with one attached hydrogen (secondary N) is 1. The van der Waals surface area contributed by atoms with Gasteiger partial charge in [0, 0.05) is 25.2 Å². The number of carbonyl (C=O) groups excluding carboxylic acids is 1. The van der Waals surface area contributed by atoms with Crippen molar-refractivity contribution < 1.29 is 28.6 Å². The summed E-state index contributed by atoms with van der Waals surface area (Å²) in [4.78, 5) is 36.4. The van der Waals surface area contributed by atoms with Gasteiger partial charge >= 0.3 is 7.60 Å². The zero-order chi connectivity index (χ0) is 24.7. The summed E-state index contributed by atoms with van der Waals surface area (Å²) in [6.45, 7) is 4.89. The highest BCUT2D eigenvalue weighted by atomic mass is 31.2. The molecule has 0 bridgehead atoms. The number of nitrogens with zero attached hydrogens (tertiary/aromatic N) is 4. The van der Waals surface area contributed by atoms with Crippen LogP contribution in [-0.2, 0) is 24.1 Å². The molecule has 1 amide bonds. The second-order valence-corrected chi connectivity index (χ2v) is 9.79. The van der Waals surface area contributed by atoms with Crippen molar-refractivity contribution in [3.05, 3.63) is 59.4 Å². The first kappa shape index (κ1) is 23.1. The zero-order valence-electron chi connectivity index (χ0n) is 19.1. The summed E-state index contributed by atoms with van der Waals surface area (Å²) in [7, 11) is -4.30. The van der Waals surface area contributed by atoms with Crippen LogP contribution in [0.1, 0.15) is 28.7 Å². The minimum Gasteiger partial charge on any atom is -0.454 e. The van der Waals surface area contributed by atoms with Crippen molar-refractivity contribution in [1.29, 1.82) is 0 Å². The maximum Gasteiger partial charge on any atom is 0.356 e. The van der Waals surface area contributed by atoms with Gasteiger partial charge in [-0.15, -0.1) is 0 Å². The number of rotatable bonds is 7. The number of benzene rings is 2. The van der Waals surface area contributed by atoms with Crippen LogP contribution >= 0.6 is 7.60 Å². The van der Waals surface area contributed by atoms with Crippen LogP contribution < -0.4 is 20.1 Å². The Bertz CT molecular complexity index is 1470. The summed E-state index contributed by atoms with van der Waals surface area (Å²) in [5.41, 5.74) is 3.46. The molecular weight excluding hydrogens is 473 g/mol. The van der Waals surface area contributed by atoms with Gasteiger partial charge in [-0.2, -0.15) is 5.10 Å². The van der Waals surface area contributed by atoms with Crippen LogP contribution in [0.25, 0.3) is 11.0 Å². The molecule has 0 saturated carbocycles. The van der Waals surface area contributed by atoms with E-state index in [4.69, 9.17) is 9.47 Å². The molecule has 0 aliphatic carbocycles. The summed E-state index contributed by atoms with van der Waals surface area (Å²) in [5, 5.41) is 7.22. The van der Waals surface area contributed by atoms with E-state index in [2.05, 4.69) is 15.4 Å². The number of fused-ring (bicyclic) bond motifs is 2. The van der Waals surface area contributed by atoms with E-state index in [0.717, 1.165) is 16.8 Å². The first-order valence-electron chi connectivity index (χ1n) is 11.0. The Morgan fingerprint density at radius 1 is 1.14 bits per heavy atom. The summed E-state index contributed by atoms with van der Waals surface area (Å²) < 4.78 is 26.0. The Morgan fingerprint density at radius 2 is 1.86 bits per heavy atom. The molecule has 12 heteroatoms. The van der Waals surface area contributed by atoms with E-state index < -0.39 is 7.60 Å². The van der Waals surface area contributed by atoms with Gasteiger partial charge in [-0.1, -0.05) is 12.1 Å². The minimum atomic E-state index is -4.30. The molecule has 1 aliphatic heterocycles. The van der Waals surface area contributed by atoms with Gasteiger partial charge in [0.05, 0.1) is 22.0 Å². The highest BCUT2D eigenvalue weighted by Gasteiger charge is 2.22. The summed E-state index contributed by atoms with van der Waals surface area (Å²) in [6.07, 6.45) is 0.538. The molecule has 0 fully saturated rings. The maximum absolute atomic E-state index is 13.1. The third-order valence-electron chi connectivity index (χ3n) is 5.80. The van der Waals surface area contributed by atoms with Gasteiger partial charge in [0.2, 0.25) is 12.7 Å². The van der Waals surface area contributed by atoms with Crippen molar-refractivity contribution in [3.63, 3.8) is 0 Å². The van der Waals surface area contributed by atoms with E-state index in [0.29, 0.717) is 48.2 Å². The molecule has 182 valence electrons. The van der Waals surface area contributed by atoms with E-state index in [1.807, 2.05) is 24.5 Å². The zero-order valence-corrected chi connectivity index (χ0v) is 20.0. The molecule has 35 heavy (non-hydrogen) atoms. The maximum atomic E-state index is 13.1. The van der Waals surface area contributed by atoms with Gasteiger partial charge < -0.3 is 23.8 Å².